The molecule has 1 heteroatoms. The molecule has 0 aliphatic carbocycles. The van der Waals surface area contributed by atoms with Gasteiger partial charge in [-0.05, 0) is 18.3 Å². The van der Waals surface area contributed by atoms with Crippen LogP contribution in [0.5, 0.6) is 0 Å². The molecule has 0 aromatic rings. The predicted molar refractivity (Wildman–Crippen MR) is 57.1 cm³/mol. The molecule has 0 aliphatic heterocycles. The van der Waals surface area contributed by atoms with Gasteiger partial charge in [0.15, 0.2) is 0 Å². The van der Waals surface area contributed by atoms with Gasteiger partial charge in [0.1, 0.15) is 6.61 Å². The van der Waals surface area contributed by atoms with Crippen LogP contribution in [0.25, 0.3) is 0 Å². The lowest BCUT2D eigenvalue weighted by Gasteiger charge is -2.02. The van der Waals surface area contributed by atoms with Crippen LogP contribution in [0.2, 0.25) is 0 Å². The fraction of sp³-hybridized carbons (Fsp3) is 0.667. The average Bonchev–Trinajstić information content (AvgIpc) is 2.14. The molecule has 2 unspecified atom stereocenters. The Balaban J connectivity index is 3.62. The Hall–Kier alpha value is -0.560. The molecule has 0 aromatic heterocycles. The Morgan fingerprint density at radius 1 is 1.08 bits per heavy atom. The summed E-state index contributed by atoms with van der Waals surface area (Å²) in [6, 6.07) is 0. The predicted octanol–water partition coefficient (Wildman–Crippen LogP) is 3.60. The number of hydrogen-bond donors (Lipinski definition) is 0. The Morgan fingerprint density at radius 2 is 1.69 bits per heavy atom. The first kappa shape index (κ1) is 12.4. The average molecular weight is 181 g/mol. The maximum atomic E-state index is 10.2. The van der Waals surface area contributed by atoms with Crippen molar-refractivity contribution in [1.82, 2.24) is 0 Å². The molecule has 0 aromatic carbocycles. The zero-order chi connectivity index (χ0) is 10.1. The van der Waals surface area contributed by atoms with Crippen LogP contribution in [0.4, 0.5) is 0 Å². The number of hydrogen-bond acceptors (Lipinski definition) is 0. The molecule has 0 heterocycles. The summed E-state index contributed by atoms with van der Waals surface area (Å²) in [5.74, 6) is 1.17. The van der Waals surface area contributed by atoms with E-state index in [0.29, 0.717) is 11.8 Å². The molecule has 75 valence electrons. The molecule has 0 bridgehead atoms. The lowest BCUT2D eigenvalue weighted by atomic mass is 10.0. The second-order valence-corrected chi connectivity index (χ2v) is 3.62. The highest BCUT2D eigenvalue weighted by Crippen LogP contribution is 2.08. The van der Waals surface area contributed by atoms with Gasteiger partial charge in [-0.3, -0.25) is 0 Å². The fourth-order valence-corrected chi connectivity index (χ4v) is 1.03. The van der Waals surface area contributed by atoms with Gasteiger partial charge in [0.25, 0.3) is 0 Å². The van der Waals surface area contributed by atoms with Crippen molar-refractivity contribution >= 4 is 0 Å². The van der Waals surface area contributed by atoms with Crippen molar-refractivity contribution in [2.75, 3.05) is 6.61 Å². The standard InChI is InChI=1S/C12H21O/c1-4-11(2)7-5-8-12(3)9-6-10-13/h5-7,9,11-12H,4,8,10H2,1-3H3. The zero-order valence-corrected chi connectivity index (χ0v) is 8.99. The quantitative estimate of drug-likeness (QED) is 0.558. The molecule has 1 radical (unpaired) electrons. The smallest absolute Gasteiger partial charge is 0.100 e. The summed E-state index contributed by atoms with van der Waals surface area (Å²) in [5, 5.41) is 10.2. The molecule has 0 amide bonds. The van der Waals surface area contributed by atoms with E-state index < -0.39 is 0 Å². The molecule has 0 aliphatic rings. The SMILES string of the molecule is CCC(C)C=CCC(C)C=CC[O]. The van der Waals surface area contributed by atoms with Crippen LogP contribution < -0.4 is 0 Å². The third-order valence-electron chi connectivity index (χ3n) is 2.18. The van der Waals surface area contributed by atoms with Crippen LogP contribution >= 0.6 is 0 Å². The van der Waals surface area contributed by atoms with Gasteiger partial charge in [-0.25, -0.2) is 5.11 Å². The van der Waals surface area contributed by atoms with Crippen LogP contribution in [0.1, 0.15) is 33.6 Å². The van der Waals surface area contributed by atoms with Crippen molar-refractivity contribution < 1.29 is 5.11 Å². The number of rotatable bonds is 6. The molecule has 0 rings (SSSR count). The highest BCUT2D eigenvalue weighted by atomic mass is 16.2. The molecule has 0 saturated heterocycles. The van der Waals surface area contributed by atoms with E-state index in [2.05, 4.69) is 32.9 Å². The highest BCUT2D eigenvalue weighted by molar-refractivity contribution is 4.93. The second kappa shape index (κ2) is 8.06. The molecule has 2 atom stereocenters. The van der Waals surface area contributed by atoms with E-state index in [0.717, 1.165) is 6.42 Å². The lowest BCUT2D eigenvalue weighted by Crippen LogP contribution is -1.89. The van der Waals surface area contributed by atoms with Crippen LogP contribution in [0, 0.1) is 11.8 Å². The first-order valence-corrected chi connectivity index (χ1v) is 5.12. The Labute approximate surface area is 82.2 Å². The van der Waals surface area contributed by atoms with Gasteiger partial charge in [0.2, 0.25) is 0 Å². The van der Waals surface area contributed by atoms with Crippen molar-refractivity contribution in [2.45, 2.75) is 33.6 Å². The fourth-order valence-electron chi connectivity index (χ4n) is 1.03. The molecular weight excluding hydrogens is 160 g/mol. The molecule has 1 nitrogen and oxygen atoms in total. The van der Waals surface area contributed by atoms with Crippen LogP contribution in [-0.4, -0.2) is 6.61 Å². The third kappa shape index (κ3) is 7.79. The summed E-state index contributed by atoms with van der Waals surface area (Å²) in [7, 11) is 0. The molecule has 0 N–H and O–H groups in total. The van der Waals surface area contributed by atoms with Crippen molar-refractivity contribution in [3.05, 3.63) is 24.3 Å². The largest absolute Gasteiger partial charge is 0.232 e. The van der Waals surface area contributed by atoms with Gasteiger partial charge in [0, 0.05) is 0 Å². The second-order valence-electron chi connectivity index (χ2n) is 3.62. The minimum absolute atomic E-state index is 0.0978. The van der Waals surface area contributed by atoms with Crippen LogP contribution in [0.3, 0.4) is 0 Å². The van der Waals surface area contributed by atoms with E-state index in [1.165, 1.54) is 6.42 Å². The lowest BCUT2D eigenvalue weighted by molar-refractivity contribution is 0.232. The Kier molecular flexibility index (Phi) is 7.71. The maximum Gasteiger partial charge on any atom is 0.100 e. The van der Waals surface area contributed by atoms with Crippen molar-refractivity contribution in [1.29, 1.82) is 0 Å². The summed E-state index contributed by atoms with van der Waals surface area (Å²) in [4.78, 5) is 0. The van der Waals surface area contributed by atoms with E-state index in [4.69, 9.17) is 0 Å². The van der Waals surface area contributed by atoms with Crippen LogP contribution in [0.15, 0.2) is 24.3 Å². The van der Waals surface area contributed by atoms with E-state index in [9.17, 15) is 5.11 Å². The molecular formula is C12H21O. The Morgan fingerprint density at radius 3 is 2.23 bits per heavy atom. The molecule has 13 heavy (non-hydrogen) atoms. The van der Waals surface area contributed by atoms with Crippen molar-refractivity contribution in [3.63, 3.8) is 0 Å². The zero-order valence-electron chi connectivity index (χ0n) is 8.99. The minimum atomic E-state index is -0.0978. The van der Waals surface area contributed by atoms with E-state index in [-0.39, 0.29) is 6.61 Å². The van der Waals surface area contributed by atoms with Gasteiger partial charge in [-0.1, -0.05) is 51.5 Å². The molecule has 0 fully saturated rings. The summed E-state index contributed by atoms with van der Waals surface area (Å²) >= 11 is 0. The van der Waals surface area contributed by atoms with Gasteiger partial charge in [-0.2, -0.15) is 0 Å². The summed E-state index contributed by atoms with van der Waals surface area (Å²) in [6.45, 7) is 6.44. The van der Waals surface area contributed by atoms with E-state index in [1.54, 1.807) is 6.08 Å². The topological polar surface area (TPSA) is 19.9 Å². The van der Waals surface area contributed by atoms with Crippen LogP contribution in [-0.2, 0) is 5.11 Å². The van der Waals surface area contributed by atoms with E-state index in [1.807, 2.05) is 6.08 Å². The van der Waals surface area contributed by atoms with E-state index >= 15 is 0 Å². The summed E-state index contributed by atoms with van der Waals surface area (Å²) in [5.41, 5.74) is 0. The van der Waals surface area contributed by atoms with Gasteiger partial charge in [0.05, 0.1) is 0 Å². The van der Waals surface area contributed by atoms with Gasteiger partial charge in [-0.15, -0.1) is 0 Å². The third-order valence-corrected chi connectivity index (χ3v) is 2.18. The molecule has 0 saturated carbocycles. The summed E-state index contributed by atoms with van der Waals surface area (Å²) < 4.78 is 0. The highest BCUT2D eigenvalue weighted by Gasteiger charge is 1.94. The maximum absolute atomic E-state index is 10.2. The normalized spacial score (nSPS) is 16.9. The minimum Gasteiger partial charge on any atom is -0.232 e. The van der Waals surface area contributed by atoms with Crippen molar-refractivity contribution in [3.8, 4) is 0 Å². The van der Waals surface area contributed by atoms with Crippen molar-refractivity contribution in [2.24, 2.45) is 11.8 Å². The summed E-state index contributed by atoms with van der Waals surface area (Å²) in [6.07, 6.45) is 10.4. The molecule has 0 spiro atoms. The first-order chi connectivity index (χ1) is 6.20. The van der Waals surface area contributed by atoms with Gasteiger partial charge < -0.3 is 0 Å². The Bertz CT molecular complexity index is 159. The first-order valence-electron chi connectivity index (χ1n) is 5.12. The number of allylic oxidation sites excluding steroid dienone is 3. The van der Waals surface area contributed by atoms with Gasteiger partial charge >= 0.3 is 0 Å². The monoisotopic (exact) mass is 181 g/mol.